The Morgan fingerprint density at radius 3 is 2.22 bits per heavy atom. The zero-order chi connectivity index (χ0) is 12.7. The molecular weight excluding hydrogens is 254 g/mol. The summed E-state index contributed by atoms with van der Waals surface area (Å²) in [5.41, 5.74) is 0. The van der Waals surface area contributed by atoms with Gasteiger partial charge in [-0.15, -0.1) is 12.4 Å². The summed E-state index contributed by atoms with van der Waals surface area (Å²) in [7, 11) is 0. The van der Waals surface area contributed by atoms with E-state index in [2.05, 4.69) is 12.2 Å². The molecule has 1 saturated heterocycles. The Bertz CT molecular complexity index is 207. The number of β-amino-alcohol motifs (C(OH)–C–C–N with tert-alkyl or cyclic N) is 1. The van der Waals surface area contributed by atoms with E-state index in [1.165, 1.54) is 32.1 Å². The van der Waals surface area contributed by atoms with Gasteiger partial charge < -0.3 is 20.6 Å². The Morgan fingerprint density at radius 1 is 0.944 bits per heavy atom. The summed E-state index contributed by atoms with van der Waals surface area (Å²) in [5, 5.41) is 31.8. The number of nitrogens with one attached hydrogen (secondary N) is 1. The zero-order valence-corrected chi connectivity index (χ0v) is 12.0. The summed E-state index contributed by atoms with van der Waals surface area (Å²) < 4.78 is 0. The first-order valence-electron chi connectivity index (χ1n) is 6.94. The van der Waals surface area contributed by atoms with Crippen molar-refractivity contribution >= 4 is 12.4 Å². The standard InChI is InChI=1S/C13H27NO3.ClH/c1-2-3-4-5-6-7-8-10-12(16)13(17)11(15)9-14-10;/h10-17H,2-9H2,1H3;1H/t10-,11-,12-,13-;/m1./s1. The van der Waals surface area contributed by atoms with Gasteiger partial charge in [0.05, 0.1) is 12.2 Å². The molecule has 1 fully saturated rings. The highest BCUT2D eigenvalue weighted by atomic mass is 35.5. The van der Waals surface area contributed by atoms with Crippen molar-refractivity contribution in [1.29, 1.82) is 0 Å². The lowest BCUT2D eigenvalue weighted by atomic mass is 9.92. The molecule has 0 unspecified atom stereocenters. The first kappa shape index (κ1) is 18.1. The maximum atomic E-state index is 9.78. The molecular formula is C13H28ClNO3. The second-order valence-corrected chi connectivity index (χ2v) is 5.12. The van der Waals surface area contributed by atoms with Crippen LogP contribution in [0.5, 0.6) is 0 Å². The average Bonchev–Trinajstić information content (AvgIpc) is 2.33. The average molecular weight is 282 g/mol. The molecule has 18 heavy (non-hydrogen) atoms. The third-order valence-corrected chi connectivity index (χ3v) is 3.61. The van der Waals surface area contributed by atoms with Crippen molar-refractivity contribution in [3.8, 4) is 0 Å². The minimum absolute atomic E-state index is 0. The second-order valence-electron chi connectivity index (χ2n) is 5.12. The number of hydrogen-bond acceptors (Lipinski definition) is 4. The van der Waals surface area contributed by atoms with Crippen LogP contribution in [-0.2, 0) is 0 Å². The summed E-state index contributed by atoms with van der Waals surface area (Å²) >= 11 is 0. The molecule has 0 aromatic rings. The van der Waals surface area contributed by atoms with E-state index < -0.39 is 18.3 Å². The van der Waals surface area contributed by atoms with E-state index >= 15 is 0 Å². The smallest absolute Gasteiger partial charge is 0.108 e. The maximum Gasteiger partial charge on any atom is 0.108 e. The predicted octanol–water partition coefficient (Wildman–Crippen LogP) is 1.21. The molecule has 110 valence electrons. The SMILES string of the molecule is CCCCCCCC[C@H]1NC[C@@H](O)[C@@H](O)[C@@H]1O.Cl. The Labute approximate surface area is 116 Å². The van der Waals surface area contributed by atoms with Crippen molar-refractivity contribution in [3.05, 3.63) is 0 Å². The molecule has 0 amide bonds. The van der Waals surface area contributed by atoms with E-state index in [0.29, 0.717) is 6.54 Å². The topological polar surface area (TPSA) is 72.7 Å². The number of aliphatic hydroxyl groups is 3. The lowest BCUT2D eigenvalue weighted by Gasteiger charge is -2.36. The molecule has 1 aliphatic rings. The van der Waals surface area contributed by atoms with Crippen LogP contribution in [0.3, 0.4) is 0 Å². The van der Waals surface area contributed by atoms with Gasteiger partial charge in [-0.1, -0.05) is 45.4 Å². The third-order valence-electron chi connectivity index (χ3n) is 3.61. The maximum absolute atomic E-state index is 9.78. The minimum atomic E-state index is -0.999. The van der Waals surface area contributed by atoms with Gasteiger partial charge in [0.15, 0.2) is 0 Å². The third kappa shape index (κ3) is 5.85. The molecule has 5 heteroatoms. The van der Waals surface area contributed by atoms with Gasteiger partial charge in [0.25, 0.3) is 0 Å². The number of halogens is 1. The van der Waals surface area contributed by atoms with Crippen LogP contribution in [0.25, 0.3) is 0 Å². The van der Waals surface area contributed by atoms with Crippen molar-refractivity contribution in [3.63, 3.8) is 0 Å². The van der Waals surface area contributed by atoms with Gasteiger partial charge >= 0.3 is 0 Å². The van der Waals surface area contributed by atoms with Crippen molar-refractivity contribution in [2.75, 3.05) is 6.54 Å². The fourth-order valence-corrected chi connectivity index (χ4v) is 2.40. The van der Waals surface area contributed by atoms with Crippen LogP contribution in [0.15, 0.2) is 0 Å². The molecule has 0 bridgehead atoms. The van der Waals surface area contributed by atoms with Crippen LogP contribution in [0.2, 0.25) is 0 Å². The summed E-state index contributed by atoms with van der Waals surface area (Å²) in [4.78, 5) is 0. The van der Waals surface area contributed by atoms with Gasteiger partial charge in [-0.3, -0.25) is 0 Å². The number of unbranched alkanes of at least 4 members (excludes halogenated alkanes) is 5. The Kier molecular flexibility index (Phi) is 10.1. The summed E-state index contributed by atoms with van der Waals surface area (Å²) in [6.07, 6.45) is 5.55. The highest BCUT2D eigenvalue weighted by molar-refractivity contribution is 5.85. The fourth-order valence-electron chi connectivity index (χ4n) is 2.40. The van der Waals surface area contributed by atoms with Crippen LogP contribution < -0.4 is 5.32 Å². The Hall–Kier alpha value is 0.130. The number of piperidine rings is 1. The molecule has 4 nitrogen and oxygen atoms in total. The van der Waals surface area contributed by atoms with Gasteiger partial charge in [0.1, 0.15) is 6.10 Å². The summed E-state index contributed by atoms with van der Waals surface area (Å²) in [6, 6.07) is -0.0698. The normalized spacial score (nSPS) is 32.0. The van der Waals surface area contributed by atoms with Crippen LogP contribution >= 0.6 is 12.4 Å². The molecule has 1 aliphatic heterocycles. The van der Waals surface area contributed by atoms with Crippen LogP contribution in [-0.4, -0.2) is 46.2 Å². The van der Waals surface area contributed by atoms with Gasteiger partial charge in [-0.05, 0) is 6.42 Å². The van der Waals surface area contributed by atoms with Crippen molar-refractivity contribution < 1.29 is 15.3 Å². The molecule has 0 radical (unpaired) electrons. The number of aliphatic hydroxyl groups excluding tert-OH is 3. The molecule has 0 spiro atoms. The zero-order valence-electron chi connectivity index (χ0n) is 11.2. The van der Waals surface area contributed by atoms with E-state index in [4.69, 9.17) is 0 Å². The van der Waals surface area contributed by atoms with E-state index in [1.807, 2.05) is 0 Å². The molecule has 0 aromatic heterocycles. The second kappa shape index (κ2) is 9.98. The summed E-state index contributed by atoms with van der Waals surface area (Å²) in [5.74, 6) is 0. The lowest BCUT2D eigenvalue weighted by molar-refractivity contribution is -0.0952. The van der Waals surface area contributed by atoms with Crippen molar-refractivity contribution in [2.24, 2.45) is 0 Å². The number of rotatable bonds is 7. The lowest BCUT2D eigenvalue weighted by Crippen LogP contribution is -2.59. The van der Waals surface area contributed by atoms with Crippen molar-refractivity contribution in [2.45, 2.75) is 76.2 Å². The molecule has 1 rings (SSSR count). The quantitative estimate of drug-likeness (QED) is 0.530. The van der Waals surface area contributed by atoms with Gasteiger partial charge in [-0.25, -0.2) is 0 Å². The van der Waals surface area contributed by atoms with Crippen LogP contribution in [0.4, 0.5) is 0 Å². The first-order valence-corrected chi connectivity index (χ1v) is 6.94. The highest BCUT2D eigenvalue weighted by Gasteiger charge is 2.35. The van der Waals surface area contributed by atoms with E-state index in [0.717, 1.165) is 12.8 Å². The van der Waals surface area contributed by atoms with Gasteiger partial charge in [0, 0.05) is 12.6 Å². The number of hydrogen-bond donors (Lipinski definition) is 4. The fraction of sp³-hybridized carbons (Fsp3) is 1.00. The molecule has 0 saturated carbocycles. The Balaban J connectivity index is 0.00000289. The van der Waals surface area contributed by atoms with Crippen molar-refractivity contribution in [1.82, 2.24) is 5.32 Å². The van der Waals surface area contributed by atoms with Gasteiger partial charge in [0.2, 0.25) is 0 Å². The van der Waals surface area contributed by atoms with E-state index in [-0.39, 0.29) is 18.4 Å². The van der Waals surface area contributed by atoms with Crippen LogP contribution in [0, 0.1) is 0 Å². The highest BCUT2D eigenvalue weighted by Crippen LogP contribution is 2.16. The summed E-state index contributed by atoms with van der Waals surface area (Å²) in [6.45, 7) is 2.58. The van der Waals surface area contributed by atoms with Crippen LogP contribution in [0.1, 0.15) is 51.9 Å². The molecule has 4 N–H and O–H groups in total. The Morgan fingerprint density at radius 2 is 1.56 bits per heavy atom. The predicted molar refractivity (Wildman–Crippen MR) is 75.1 cm³/mol. The molecule has 0 aromatic carbocycles. The molecule has 4 atom stereocenters. The van der Waals surface area contributed by atoms with Gasteiger partial charge in [-0.2, -0.15) is 0 Å². The molecule has 0 aliphatic carbocycles. The minimum Gasteiger partial charge on any atom is -0.389 e. The molecule has 1 heterocycles. The largest absolute Gasteiger partial charge is 0.389 e. The first-order chi connectivity index (χ1) is 8.16. The van der Waals surface area contributed by atoms with E-state index in [9.17, 15) is 15.3 Å². The monoisotopic (exact) mass is 281 g/mol. The van der Waals surface area contributed by atoms with E-state index in [1.54, 1.807) is 0 Å².